The normalized spacial score (nSPS) is 25.2. The van der Waals surface area contributed by atoms with Gasteiger partial charge in [-0.05, 0) is 44.4 Å². The highest BCUT2D eigenvalue weighted by Gasteiger charge is 2.36. The first-order valence-corrected chi connectivity index (χ1v) is 7.85. The smallest absolute Gasteiger partial charge is 0.320 e. The van der Waals surface area contributed by atoms with Crippen LogP contribution >= 0.6 is 0 Å². The Morgan fingerprint density at radius 1 is 1.24 bits per heavy atom. The first kappa shape index (κ1) is 14.5. The molecule has 2 aliphatic rings. The minimum Gasteiger partial charge on any atom is -0.480 e. The molecule has 0 aliphatic carbocycles. The van der Waals surface area contributed by atoms with Gasteiger partial charge in [0, 0.05) is 31.9 Å². The predicted octanol–water partition coefficient (Wildman–Crippen LogP) is 1.59. The monoisotopic (exact) mass is 289 g/mol. The molecule has 3 rings (SSSR count). The van der Waals surface area contributed by atoms with Crippen LogP contribution in [0.4, 0.5) is 0 Å². The van der Waals surface area contributed by atoms with Gasteiger partial charge in [0.1, 0.15) is 6.04 Å². The molecule has 0 aromatic carbocycles. The summed E-state index contributed by atoms with van der Waals surface area (Å²) in [5, 5.41) is 9.30. The van der Waals surface area contributed by atoms with Crippen molar-refractivity contribution >= 4 is 5.97 Å². The summed E-state index contributed by atoms with van der Waals surface area (Å²) >= 11 is 0. The molecule has 5 nitrogen and oxygen atoms in total. The van der Waals surface area contributed by atoms with E-state index in [4.69, 9.17) is 0 Å². The van der Waals surface area contributed by atoms with Crippen LogP contribution in [0.1, 0.15) is 31.4 Å². The first-order valence-electron chi connectivity index (χ1n) is 7.85. The van der Waals surface area contributed by atoms with Gasteiger partial charge in [0.2, 0.25) is 0 Å². The van der Waals surface area contributed by atoms with Crippen LogP contribution in [0.25, 0.3) is 0 Å². The minimum atomic E-state index is -0.650. The molecule has 1 unspecified atom stereocenters. The average molecular weight is 289 g/mol. The van der Waals surface area contributed by atoms with Gasteiger partial charge in [0.05, 0.1) is 5.69 Å². The summed E-state index contributed by atoms with van der Waals surface area (Å²) in [6.07, 6.45) is 5.80. The molecule has 0 radical (unpaired) electrons. The summed E-state index contributed by atoms with van der Waals surface area (Å²) in [6, 6.07) is 6.21. The van der Waals surface area contributed by atoms with Crippen LogP contribution in [0, 0.1) is 0 Å². The van der Waals surface area contributed by atoms with E-state index in [1.54, 1.807) is 0 Å². The zero-order valence-electron chi connectivity index (χ0n) is 12.3. The lowest BCUT2D eigenvalue weighted by Gasteiger charge is -2.38. The highest BCUT2D eigenvalue weighted by Crippen LogP contribution is 2.26. The third kappa shape index (κ3) is 3.41. The van der Waals surface area contributed by atoms with Gasteiger partial charge in [0.15, 0.2) is 0 Å². The van der Waals surface area contributed by atoms with Crippen molar-refractivity contribution in [2.45, 2.75) is 44.3 Å². The van der Waals surface area contributed by atoms with Crippen LogP contribution in [0.3, 0.4) is 0 Å². The van der Waals surface area contributed by atoms with E-state index in [1.165, 1.54) is 0 Å². The number of carbonyl (C=O) groups is 1. The van der Waals surface area contributed by atoms with Crippen molar-refractivity contribution in [2.24, 2.45) is 0 Å². The molecule has 1 aromatic rings. The molecule has 5 heteroatoms. The van der Waals surface area contributed by atoms with E-state index in [2.05, 4.69) is 20.9 Å². The SMILES string of the molecule is O=C(O)C1CCCN1C1CCN(Cc2ccccn2)CC1. The van der Waals surface area contributed by atoms with Crippen molar-refractivity contribution < 1.29 is 9.90 Å². The largest absolute Gasteiger partial charge is 0.480 e. The average Bonchev–Trinajstić information content (AvgIpc) is 2.99. The molecule has 114 valence electrons. The molecular formula is C16H23N3O2. The van der Waals surface area contributed by atoms with Gasteiger partial charge in [-0.15, -0.1) is 0 Å². The van der Waals surface area contributed by atoms with E-state index < -0.39 is 5.97 Å². The summed E-state index contributed by atoms with van der Waals surface area (Å²) in [7, 11) is 0. The molecule has 1 aromatic heterocycles. The molecule has 0 amide bonds. The molecule has 2 aliphatic heterocycles. The van der Waals surface area contributed by atoms with Crippen molar-refractivity contribution in [3.63, 3.8) is 0 Å². The third-order valence-electron chi connectivity index (χ3n) is 4.72. The maximum Gasteiger partial charge on any atom is 0.320 e. The van der Waals surface area contributed by atoms with Gasteiger partial charge >= 0.3 is 5.97 Å². The lowest BCUT2D eigenvalue weighted by atomic mass is 10.0. The van der Waals surface area contributed by atoms with E-state index in [0.717, 1.165) is 57.6 Å². The van der Waals surface area contributed by atoms with Gasteiger partial charge in [-0.2, -0.15) is 0 Å². The van der Waals surface area contributed by atoms with Crippen molar-refractivity contribution in [3.8, 4) is 0 Å². The van der Waals surface area contributed by atoms with Crippen LogP contribution in [0.15, 0.2) is 24.4 Å². The quantitative estimate of drug-likeness (QED) is 0.912. The topological polar surface area (TPSA) is 56.7 Å². The van der Waals surface area contributed by atoms with E-state index >= 15 is 0 Å². The Bertz CT molecular complexity index is 472. The second-order valence-electron chi connectivity index (χ2n) is 6.06. The summed E-state index contributed by atoms with van der Waals surface area (Å²) in [4.78, 5) is 20.3. The molecule has 0 saturated carbocycles. The lowest BCUT2D eigenvalue weighted by molar-refractivity contribution is -0.143. The van der Waals surface area contributed by atoms with E-state index in [9.17, 15) is 9.90 Å². The Morgan fingerprint density at radius 2 is 2.05 bits per heavy atom. The van der Waals surface area contributed by atoms with Crippen LogP contribution in [-0.4, -0.2) is 57.6 Å². The molecule has 1 N–H and O–H groups in total. The first-order chi connectivity index (χ1) is 10.2. The van der Waals surface area contributed by atoms with Gasteiger partial charge < -0.3 is 5.11 Å². The Labute approximate surface area is 125 Å². The van der Waals surface area contributed by atoms with Gasteiger partial charge in [-0.25, -0.2) is 0 Å². The van der Waals surface area contributed by atoms with Gasteiger partial charge in [0.25, 0.3) is 0 Å². The van der Waals surface area contributed by atoms with Crippen molar-refractivity contribution in [1.29, 1.82) is 0 Å². The highest BCUT2D eigenvalue weighted by molar-refractivity contribution is 5.73. The summed E-state index contributed by atoms with van der Waals surface area (Å²) in [5.74, 6) is -0.650. The molecule has 0 bridgehead atoms. The highest BCUT2D eigenvalue weighted by atomic mass is 16.4. The molecule has 2 saturated heterocycles. The third-order valence-corrected chi connectivity index (χ3v) is 4.72. The zero-order valence-corrected chi connectivity index (χ0v) is 12.3. The number of aliphatic carboxylic acids is 1. The molecular weight excluding hydrogens is 266 g/mol. The summed E-state index contributed by atoms with van der Waals surface area (Å²) < 4.78 is 0. The Balaban J connectivity index is 1.52. The van der Waals surface area contributed by atoms with Crippen LogP contribution in [0.5, 0.6) is 0 Å². The molecule has 0 spiro atoms. The Hall–Kier alpha value is -1.46. The number of piperidine rings is 1. The number of rotatable bonds is 4. The van der Waals surface area contributed by atoms with Gasteiger partial charge in [-0.3, -0.25) is 19.6 Å². The number of hydrogen-bond acceptors (Lipinski definition) is 4. The van der Waals surface area contributed by atoms with Crippen molar-refractivity contribution in [1.82, 2.24) is 14.8 Å². The number of likely N-dealkylation sites (tertiary alicyclic amines) is 2. The van der Waals surface area contributed by atoms with Crippen LogP contribution in [0.2, 0.25) is 0 Å². The number of aromatic nitrogens is 1. The van der Waals surface area contributed by atoms with Crippen LogP contribution in [-0.2, 0) is 11.3 Å². The Morgan fingerprint density at radius 3 is 2.71 bits per heavy atom. The fourth-order valence-electron chi connectivity index (χ4n) is 3.62. The standard InChI is InChI=1S/C16H23N3O2/c20-16(21)15-5-3-9-19(15)14-6-10-18(11-7-14)12-13-4-1-2-8-17-13/h1-2,4,8,14-15H,3,5-7,9-12H2,(H,20,21). The van der Waals surface area contributed by atoms with Crippen molar-refractivity contribution in [3.05, 3.63) is 30.1 Å². The summed E-state index contributed by atoms with van der Waals surface area (Å²) in [6.45, 7) is 3.91. The van der Waals surface area contributed by atoms with Crippen LogP contribution < -0.4 is 0 Å². The minimum absolute atomic E-state index is 0.252. The number of hydrogen-bond donors (Lipinski definition) is 1. The van der Waals surface area contributed by atoms with E-state index in [0.29, 0.717) is 6.04 Å². The number of pyridine rings is 1. The molecule has 1 atom stereocenters. The number of nitrogens with zero attached hydrogens (tertiary/aromatic N) is 3. The zero-order chi connectivity index (χ0) is 14.7. The fourth-order valence-corrected chi connectivity index (χ4v) is 3.62. The number of carboxylic acid groups (broad SMARTS) is 1. The maximum atomic E-state index is 11.3. The van der Waals surface area contributed by atoms with E-state index in [-0.39, 0.29) is 6.04 Å². The second-order valence-corrected chi connectivity index (χ2v) is 6.06. The molecule has 21 heavy (non-hydrogen) atoms. The maximum absolute atomic E-state index is 11.3. The van der Waals surface area contributed by atoms with Crippen molar-refractivity contribution in [2.75, 3.05) is 19.6 Å². The predicted molar refractivity (Wildman–Crippen MR) is 79.9 cm³/mol. The lowest BCUT2D eigenvalue weighted by Crippen LogP contribution is -2.48. The number of carboxylic acids is 1. The van der Waals surface area contributed by atoms with Gasteiger partial charge in [-0.1, -0.05) is 6.07 Å². The molecule has 2 fully saturated rings. The Kier molecular flexibility index (Phi) is 4.51. The van der Waals surface area contributed by atoms with E-state index in [1.807, 2.05) is 18.3 Å². The summed E-state index contributed by atoms with van der Waals surface area (Å²) in [5.41, 5.74) is 1.11. The fraction of sp³-hybridized carbons (Fsp3) is 0.625. The molecule has 3 heterocycles. The second kappa shape index (κ2) is 6.54.